The highest BCUT2D eigenvalue weighted by Gasteiger charge is 2.31. The average Bonchev–Trinajstić information content (AvgIpc) is 2.87. The summed E-state index contributed by atoms with van der Waals surface area (Å²) in [5.41, 5.74) is 0.403. The van der Waals surface area contributed by atoms with Crippen molar-refractivity contribution in [2.45, 2.75) is 6.04 Å². The molecule has 1 aromatic heterocycles. The Labute approximate surface area is 180 Å². The lowest BCUT2D eigenvalue weighted by atomic mass is 10.1. The van der Waals surface area contributed by atoms with Crippen LogP contribution in [0.25, 0.3) is 11.3 Å². The number of nitrogens with zero attached hydrogens (tertiary/aromatic N) is 3. The number of halogens is 3. The van der Waals surface area contributed by atoms with Crippen molar-refractivity contribution < 1.29 is 23.1 Å². The van der Waals surface area contributed by atoms with E-state index in [1.54, 1.807) is 31.3 Å². The zero-order valence-corrected chi connectivity index (χ0v) is 16.9. The highest BCUT2D eigenvalue weighted by Crippen LogP contribution is 2.30. The number of hydrogen-bond donors (Lipinski definition) is 1. The van der Waals surface area contributed by atoms with Gasteiger partial charge in [-0.3, -0.25) is 9.59 Å². The molecule has 2 amide bonds. The van der Waals surface area contributed by atoms with E-state index >= 15 is 0 Å². The lowest BCUT2D eigenvalue weighted by molar-refractivity contribution is -0.120. The first-order valence-corrected chi connectivity index (χ1v) is 9.51. The maximum Gasteiger partial charge on any atom is 0.289 e. The van der Waals surface area contributed by atoms with Crippen LogP contribution >= 0.6 is 11.6 Å². The molecule has 0 aliphatic carbocycles. The number of anilines is 1. The molecule has 2 heterocycles. The Hall–Kier alpha value is -3.59. The molecule has 0 radical (unpaired) electrons. The number of carbonyl (C=O) groups is 2. The first-order valence-electron chi connectivity index (χ1n) is 9.13. The minimum absolute atomic E-state index is 0.0221. The minimum Gasteiger partial charge on any atom is -0.489 e. The Balaban J connectivity index is 1.59. The van der Waals surface area contributed by atoms with E-state index in [9.17, 15) is 18.4 Å². The Morgan fingerprint density at radius 3 is 2.81 bits per heavy atom. The lowest BCUT2D eigenvalue weighted by Crippen LogP contribution is -2.49. The van der Waals surface area contributed by atoms with Crippen LogP contribution in [0.3, 0.4) is 0 Å². The van der Waals surface area contributed by atoms with E-state index in [1.807, 2.05) is 0 Å². The van der Waals surface area contributed by atoms with Gasteiger partial charge in [-0.15, -0.1) is 0 Å². The number of para-hydroxylation sites is 2. The first kappa shape index (κ1) is 20.7. The van der Waals surface area contributed by atoms with Crippen LogP contribution in [0.1, 0.15) is 10.6 Å². The molecule has 7 nitrogen and oxygen atoms in total. The van der Waals surface area contributed by atoms with E-state index in [0.29, 0.717) is 17.5 Å². The number of nitrogens with one attached hydrogen (secondary N) is 1. The standard InChI is InChI=1S/C21H15ClF2N4O3/c1-28-16-4-2-3-5-17(16)31-10-15(21(28)30)26-20(29)19-25-9-13(22)18(27-19)12-7-6-11(23)8-14(12)24/h2-9,15H,10H2,1H3,(H,26,29). The quantitative estimate of drug-likeness (QED) is 0.670. The molecule has 1 unspecified atom stereocenters. The second-order valence-electron chi connectivity index (χ2n) is 6.72. The Morgan fingerprint density at radius 2 is 2.03 bits per heavy atom. The number of likely N-dealkylation sites (N-methyl/N-ethyl adjacent to an activating group) is 1. The van der Waals surface area contributed by atoms with Gasteiger partial charge >= 0.3 is 0 Å². The van der Waals surface area contributed by atoms with Crippen LogP contribution in [0, 0.1) is 11.6 Å². The predicted octanol–water partition coefficient (Wildman–Crippen LogP) is 3.23. The molecule has 1 aliphatic heterocycles. The number of ether oxygens (including phenoxy) is 1. The van der Waals surface area contributed by atoms with Crippen LogP contribution in [0.2, 0.25) is 5.02 Å². The molecule has 0 saturated heterocycles. The Morgan fingerprint density at radius 1 is 1.26 bits per heavy atom. The van der Waals surface area contributed by atoms with Crippen molar-refractivity contribution in [2.75, 3.05) is 18.6 Å². The summed E-state index contributed by atoms with van der Waals surface area (Å²) >= 11 is 6.06. The van der Waals surface area contributed by atoms with Gasteiger partial charge in [0.05, 0.1) is 22.6 Å². The molecule has 1 N–H and O–H groups in total. The monoisotopic (exact) mass is 444 g/mol. The maximum atomic E-state index is 14.2. The third kappa shape index (κ3) is 4.04. The van der Waals surface area contributed by atoms with E-state index in [2.05, 4.69) is 15.3 Å². The SMILES string of the molecule is CN1C(=O)C(NC(=O)c2ncc(Cl)c(-c3ccc(F)cc3F)n2)COc2ccccc21. The van der Waals surface area contributed by atoms with Crippen molar-refractivity contribution in [1.29, 1.82) is 0 Å². The van der Waals surface area contributed by atoms with Gasteiger partial charge in [0.25, 0.3) is 11.8 Å². The van der Waals surface area contributed by atoms with Crippen molar-refractivity contribution in [3.05, 3.63) is 71.1 Å². The summed E-state index contributed by atoms with van der Waals surface area (Å²) in [5, 5.41) is 2.51. The van der Waals surface area contributed by atoms with E-state index in [1.165, 1.54) is 4.90 Å². The number of benzene rings is 2. The molecule has 158 valence electrons. The van der Waals surface area contributed by atoms with Crippen LogP contribution in [-0.4, -0.2) is 41.5 Å². The van der Waals surface area contributed by atoms with Gasteiger partial charge in [-0.25, -0.2) is 18.7 Å². The van der Waals surface area contributed by atoms with Crippen LogP contribution in [-0.2, 0) is 4.79 Å². The van der Waals surface area contributed by atoms with Gasteiger partial charge in [-0.05, 0) is 24.3 Å². The molecule has 0 fully saturated rings. The van der Waals surface area contributed by atoms with Gasteiger partial charge < -0.3 is 15.0 Å². The molecule has 2 aromatic carbocycles. The van der Waals surface area contributed by atoms with Crippen molar-refractivity contribution >= 4 is 29.1 Å². The zero-order chi connectivity index (χ0) is 22.1. The summed E-state index contributed by atoms with van der Waals surface area (Å²) < 4.78 is 33.0. The van der Waals surface area contributed by atoms with E-state index in [-0.39, 0.29) is 28.7 Å². The zero-order valence-electron chi connectivity index (χ0n) is 16.1. The van der Waals surface area contributed by atoms with E-state index < -0.39 is 29.5 Å². The molecule has 10 heteroatoms. The fourth-order valence-electron chi connectivity index (χ4n) is 3.13. The van der Waals surface area contributed by atoms with Crippen LogP contribution in [0.4, 0.5) is 14.5 Å². The molecule has 4 rings (SSSR count). The van der Waals surface area contributed by atoms with Crippen LogP contribution in [0.5, 0.6) is 5.75 Å². The summed E-state index contributed by atoms with van der Waals surface area (Å²) in [4.78, 5) is 34.8. The molecular weight excluding hydrogens is 430 g/mol. The summed E-state index contributed by atoms with van der Waals surface area (Å²) in [6.45, 7) is -0.0983. The number of amides is 2. The summed E-state index contributed by atoms with van der Waals surface area (Å²) in [7, 11) is 1.57. The van der Waals surface area contributed by atoms with Crippen molar-refractivity contribution in [3.63, 3.8) is 0 Å². The highest BCUT2D eigenvalue weighted by atomic mass is 35.5. The molecule has 1 aliphatic rings. The van der Waals surface area contributed by atoms with E-state index in [4.69, 9.17) is 16.3 Å². The summed E-state index contributed by atoms with van der Waals surface area (Å²) in [5.74, 6) is -2.65. The Kier molecular flexibility index (Phi) is 5.51. The van der Waals surface area contributed by atoms with Crippen molar-refractivity contribution in [1.82, 2.24) is 15.3 Å². The summed E-state index contributed by atoms with van der Waals surface area (Å²) in [6, 6.07) is 8.87. The molecule has 0 spiro atoms. The number of carbonyl (C=O) groups excluding carboxylic acids is 2. The Bertz CT molecular complexity index is 1190. The molecule has 0 saturated carbocycles. The van der Waals surface area contributed by atoms with Gasteiger partial charge in [0, 0.05) is 18.7 Å². The van der Waals surface area contributed by atoms with Crippen molar-refractivity contribution in [2.24, 2.45) is 0 Å². The fourth-order valence-corrected chi connectivity index (χ4v) is 3.32. The number of hydrogen-bond acceptors (Lipinski definition) is 5. The normalized spacial score (nSPS) is 15.7. The summed E-state index contributed by atoms with van der Waals surface area (Å²) in [6.07, 6.45) is 1.13. The molecule has 3 aromatic rings. The number of rotatable bonds is 3. The third-order valence-electron chi connectivity index (χ3n) is 4.70. The van der Waals surface area contributed by atoms with E-state index in [0.717, 1.165) is 18.3 Å². The van der Waals surface area contributed by atoms with Crippen molar-refractivity contribution in [3.8, 4) is 17.0 Å². The fraction of sp³-hybridized carbons (Fsp3) is 0.143. The molecule has 0 bridgehead atoms. The van der Waals surface area contributed by atoms with Crippen LogP contribution < -0.4 is 15.0 Å². The third-order valence-corrected chi connectivity index (χ3v) is 4.98. The highest BCUT2D eigenvalue weighted by molar-refractivity contribution is 6.33. The molecule has 31 heavy (non-hydrogen) atoms. The molecular formula is C21H15ClF2N4O3. The minimum atomic E-state index is -1.00. The van der Waals surface area contributed by atoms with Crippen LogP contribution in [0.15, 0.2) is 48.7 Å². The van der Waals surface area contributed by atoms with Gasteiger partial charge in [0.15, 0.2) is 0 Å². The predicted molar refractivity (Wildman–Crippen MR) is 109 cm³/mol. The lowest BCUT2D eigenvalue weighted by Gasteiger charge is -2.20. The van der Waals surface area contributed by atoms with Gasteiger partial charge in [-0.2, -0.15) is 0 Å². The van der Waals surface area contributed by atoms with Gasteiger partial charge in [-0.1, -0.05) is 23.7 Å². The number of fused-ring (bicyclic) bond motifs is 1. The second kappa shape index (κ2) is 8.27. The smallest absolute Gasteiger partial charge is 0.289 e. The average molecular weight is 445 g/mol. The van der Waals surface area contributed by atoms with Gasteiger partial charge in [0.2, 0.25) is 5.82 Å². The number of aromatic nitrogens is 2. The largest absolute Gasteiger partial charge is 0.489 e. The maximum absolute atomic E-state index is 14.2. The van der Waals surface area contributed by atoms with Gasteiger partial charge in [0.1, 0.15) is 30.0 Å². The first-order chi connectivity index (χ1) is 14.8. The second-order valence-corrected chi connectivity index (χ2v) is 7.12. The molecule has 1 atom stereocenters. The topological polar surface area (TPSA) is 84.4 Å².